The van der Waals surface area contributed by atoms with Crippen molar-refractivity contribution in [1.29, 1.82) is 0 Å². The van der Waals surface area contributed by atoms with E-state index in [4.69, 9.17) is 4.74 Å². The molecule has 1 fully saturated rings. The van der Waals surface area contributed by atoms with Crippen LogP contribution in [-0.4, -0.2) is 43.5 Å². The fourth-order valence-corrected chi connectivity index (χ4v) is 1.51. The van der Waals surface area contributed by atoms with Gasteiger partial charge in [0.1, 0.15) is 0 Å². The number of carbonyl (C=O) groups is 1. The predicted molar refractivity (Wildman–Crippen MR) is 47.2 cm³/mol. The van der Waals surface area contributed by atoms with Crippen molar-refractivity contribution >= 4 is 5.91 Å². The topological polar surface area (TPSA) is 29.5 Å². The van der Waals surface area contributed by atoms with Crippen molar-refractivity contribution in [1.82, 2.24) is 4.90 Å². The first-order chi connectivity index (χ1) is 6.61. The van der Waals surface area contributed by atoms with Gasteiger partial charge in [0.25, 0.3) is 5.91 Å². The summed E-state index contributed by atoms with van der Waals surface area (Å²) in [6.45, 7) is 0.935. The van der Waals surface area contributed by atoms with Crippen LogP contribution in [0, 0.1) is 0 Å². The van der Waals surface area contributed by atoms with Gasteiger partial charge in [-0.3, -0.25) is 4.79 Å². The van der Waals surface area contributed by atoms with E-state index in [1.807, 2.05) is 0 Å². The molecular weight excluding hydrogens is 192 g/mol. The zero-order valence-corrected chi connectivity index (χ0v) is 8.21. The minimum atomic E-state index is -2.91. The molecule has 0 N–H and O–H groups in total. The van der Waals surface area contributed by atoms with Gasteiger partial charge in [-0.2, -0.15) is 8.78 Å². The molecule has 1 aliphatic heterocycles. The summed E-state index contributed by atoms with van der Waals surface area (Å²) in [6.07, 6.45) is -0.0781. The number of hydrogen-bond donors (Lipinski definition) is 0. The number of rotatable bonds is 3. The van der Waals surface area contributed by atoms with Crippen LogP contribution < -0.4 is 0 Å². The Bertz CT molecular complexity index is 193. The SMILES string of the molecule is CN(CC1CCCCO1)C(=O)C(F)F. The minimum Gasteiger partial charge on any atom is -0.376 e. The molecule has 0 aromatic heterocycles. The largest absolute Gasteiger partial charge is 0.376 e. The number of halogens is 2. The molecule has 3 nitrogen and oxygen atoms in total. The maximum absolute atomic E-state index is 12.0. The van der Waals surface area contributed by atoms with Crippen LogP contribution in [0.3, 0.4) is 0 Å². The Hall–Kier alpha value is -0.710. The van der Waals surface area contributed by atoms with Gasteiger partial charge in [-0.15, -0.1) is 0 Å². The molecule has 0 aliphatic carbocycles. The lowest BCUT2D eigenvalue weighted by Crippen LogP contribution is -2.39. The van der Waals surface area contributed by atoms with Crippen LogP contribution in [0.5, 0.6) is 0 Å². The van der Waals surface area contributed by atoms with E-state index in [2.05, 4.69) is 0 Å². The standard InChI is InChI=1S/C9H15F2NO2/c1-12(9(13)8(10)11)6-7-4-2-3-5-14-7/h7-8H,2-6H2,1H3. The van der Waals surface area contributed by atoms with Gasteiger partial charge < -0.3 is 9.64 Å². The molecule has 1 atom stereocenters. The van der Waals surface area contributed by atoms with Gasteiger partial charge in [0, 0.05) is 20.2 Å². The highest BCUT2D eigenvalue weighted by molar-refractivity contribution is 5.79. The van der Waals surface area contributed by atoms with E-state index in [0.29, 0.717) is 6.61 Å². The Balaban J connectivity index is 2.31. The number of amides is 1. The highest BCUT2D eigenvalue weighted by Crippen LogP contribution is 2.14. The number of likely N-dealkylation sites (N-methyl/N-ethyl adjacent to an activating group) is 1. The summed E-state index contributed by atoms with van der Waals surface area (Å²) in [4.78, 5) is 11.9. The maximum Gasteiger partial charge on any atom is 0.315 e. The highest BCUT2D eigenvalue weighted by Gasteiger charge is 2.23. The van der Waals surface area contributed by atoms with Gasteiger partial charge >= 0.3 is 6.43 Å². The molecule has 0 aromatic rings. The van der Waals surface area contributed by atoms with Gasteiger partial charge in [-0.05, 0) is 19.3 Å². The summed E-state index contributed by atoms with van der Waals surface area (Å²) in [6, 6.07) is 0. The van der Waals surface area contributed by atoms with Crippen molar-refractivity contribution in [3.8, 4) is 0 Å². The monoisotopic (exact) mass is 207 g/mol. The molecule has 14 heavy (non-hydrogen) atoms. The van der Waals surface area contributed by atoms with Crippen LogP contribution in [0.15, 0.2) is 0 Å². The van der Waals surface area contributed by atoms with Crippen molar-refractivity contribution in [2.24, 2.45) is 0 Å². The first-order valence-corrected chi connectivity index (χ1v) is 4.76. The average Bonchev–Trinajstić information content (AvgIpc) is 2.18. The Kier molecular flexibility index (Phi) is 4.25. The van der Waals surface area contributed by atoms with Gasteiger partial charge in [0.15, 0.2) is 0 Å². The summed E-state index contributed by atoms with van der Waals surface area (Å²) in [5.41, 5.74) is 0. The average molecular weight is 207 g/mol. The van der Waals surface area contributed by atoms with E-state index in [9.17, 15) is 13.6 Å². The molecule has 82 valence electrons. The van der Waals surface area contributed by atoms with Gasteiger partial charge in [0.2, 0.25) is 0 Å². The molecule has 1 amide bonds. The third-order valence-corrected chi connectivity index (χ3v) is 2.31. The molecule has 1 rings (SSSR count). The van der Waals surface area contributed by atoms with E-state index in [-0.39, 0.29) is 12.6 Å². The van der Waals surface area contributed by atoms with Crippen molar-refractivity contribution in [2.45, 2.75) is 31.8 Å². The summed E-state index contributed by atoms with van der Waals surface area (Å²) < 4.78 is 29.3. The molecule has 0 saturated carbocycles. The first-order valence-electron chi connectivity index (χ1n) is 4.76. The van der Waals surface area contributed by atoms with Crippen LogP contribution in [0.25, 0.3) is 0 Å². The number of nitrogens with zero attached hydrogens (tertiary/aromatic N) is 1. The number of hydrogen-bond acceptors (Lipinski definition) is 2. The fourth-order valence-electron chi connectivity index (χ4n) is 1.51. The molecule has 0 aromatic carbocycles. The number of carbonyl (C=O) groups excluding carboxylic acids is 1. The van der Waals surface area contributed by atoms with Crippen LogP contribution in [0.2, 0.25) is 0 Å². The second-order valence-corrected chi connectivity index (χ2v) is 3.51. The van der Waals surface area contributed by atoms with Crippen molar-refractivity contribution in [3.05, 3.63) is 0 Å². The smallest absolute Gasteiger partial charge is 0.315 e. The second kappa shape index (κ2) is 5.24. The molecule has 1 saturated heterocycles. The van der Waals surface area contributed by atoms with Crippen molar-refractivity contribution in [2.75, 3.05) is 20.2 Å². The number of alkyl halides is 2. The number of ether oxygens (including phenoxy) is 1. The summed E-state index contributed by atoms with van der Waals surface area (Å²) in [5, 5.41) is 0. The van der Waals surface area contributed by atoms with Crippen LogP contribution >= 0.6 is 0 Å². The molecule has 1 unspecified atom stereocenters. The third kappa shape index (κ3) is 3.21. The summed E-state index contributed by atoms with van der Waals surface area (Å²) in [5.74, 6) is -1.13. The summed E-state index contributed by atoms with van der Waals surface area (Å²) >= 11 is 0. The second-order valence-electron chi connectivity index (χ2n) is 3.51. The van der Waals surface area contributed by atoms with Crippen LogP contribution in [0.4, 0.5) is 8.78 Å². The molecule has 0 bridgehead atoms. The predicted octanol–water partition coefficient (Wildman–Crippen LogP) is 1.28. The van der Waals surface area contributed by atoms with E-state index in [1.165, 1.54) is 7.05 Å². The Labute approximate surface area is 82.0 Å². The zero-order chi connectivity index (χ0) is 10.6. The minimum absolute atomic E-state index is 0.0727. The molecule has 1 aliphatic rings. The van der Waals surface area contributed by atoms with Crippen LogP contribution in [0.1, 0.15) is 19.3 Å². The van der Waals surface area contributed by atoms with E-state index in [1.54, 1.807) is 0 Å². The first kappa shape index (κ1) is 11.4. The Morgan fingerprint density at radius 2 is 2.29 bits per heavy atom. The lowest BCUT2D eigenvalue weighted by molar-refractivity contribution is -0.143. The molecular formula is C9H15F2NO2. The maximum atomic E-state index is 12.0. The van der Waals surface area contributed by atoms with Gasteiger partial charge in [-0.1, -0.05) is 0 Å². The van der Waals surface area contributed by atoms with Gasteiger partial charge in [0.05, 0.1) is 6.10 Å². The van der Waals surface area contributed by atoms with Crippen molar-refractivity contribution in [3.63, 3.8) is 0 Å². The van der Waals surface area contributed by atoms with Crippen molar-refractivity contribution < 1.29 is 18.3 Å². The lowest BCUT2D eigenvalue weighted by atomic mass is 10.1. The van der Waals surface area contributed by atoms with E-state index in [0.717, 1.165) is 24.2 Å². The quantitative estimate of drug-likeness (QED) is 0.697. The molecule has 0 spiro atoms. The Morgan fingerprint density at radius 3 is 2.79 bits per heavy atom. The summed E-state index contributed by atoms with van der Waals surface area (Å²) in [7, 11) is 1.38. The fraction of sp³-hybridized carbons (Fsp3) is 0.889. The Morgan fingerprint density at radius 1 is 1.57 bits per heavy atom. The zero-order valence-electron chi connectivity index (χ0n) is 8.21. The normalized spacial score (nSPS) is 22.4. The third-order valence-electron chi connectivity index (χ3n) is 2.31. The molecule has 5 heteroatoms. The molecule has 0 radical (unpaired) electrons. The molecule has 1 heterocycles. The van der Waals surface area contributed by atoms with Gasteiger partial charge in [-0.25, -0.2) is 0 Å². The van der Waals surface area contributed by atoms with E-state index < -0.39 is 12.3 Å². The van der Waals surface area contributed by atoms with Crippen LogP contribution in [-0.2, 0) is 9.53 Å². The lowest BCUT2D eigenvalue weighted by Gasteiger charge is -2.27. The van der Waals surface area contributed by atoms with E-state index >= 15 is 0 Å². The highest BCUT2D eigenvalue weighted by atomic mass is 19.3.